The van der Waals surface area contributed by atoms with E-state index in [0.29, 0.717) is 6.54 Å². The van der Waals surface area contributed by atoms with Crippen molar-refractivity contribution in [1.82, 2.24) is 9.80 Å². The monoisotopic (exact) mass is 304 g/mol. The molecule has 120 valence electrons. The van der Waals surface area contributed by atoms with Gasteiger partial charge in [-0.2, -0.15) is 0 Å². The molecule has 1 amide bonds. The van der Waals surface area contributed by atoms with E-state index in [9.17, 15) is 4.79 Å². The first-order chi connectivity index (χ1) is 10.6. The molecule has 2 saturated heterocycles. The molecule has 0 unspecified atom stereocenters. The minimum atomic E-state index is -0.205. The van der Waals surface area contributed by atoms with E-state index in [2.05, 4.69) is 18.4 Å². The van der Waals surface area contributed by atoms with Crippen LogP contribution in [0.1, 0.15) is 25.3 Å². The number of amides is 1. The molecular formula is C17H24N2O3. The number of nitrogens with zero attached hydrogens (tertiary/aromatic N) is 2. The first kappa shape index (κ1) is 15.3. The fourth-order valence-corrected chi connectivity index (χ4v) is 3.60. The molecule has 0 aliphatic carbocycles. The Balaban J connectivity index is 1.63. The van der Waals surface area contributed by atoms with Gasteiger partial charge in [0.2, 0.25) is 5.91 Å². The zero-order valence-electron chi connectivity index (χ0n) is 13.2. The molecule has 0 bridgehead atoms. The highest BCUT2D eigenvalue weighted by Gasteiger charge is 2.47. The van der Waals surface area contributed by atoms with Gasteiger partial charge in [-0.15, -0.1) is 6.58 Å². The summed E-state index contributed by atoms with van der Waals surface area (Å²) in [5.41, 5.74) is 1.00. The molecule has 3 rings (SSSR count). The second kappa shape index (κ2) is 6.26. The summed E-state index contributed by atoms with van der Waals surface area (Å²) in [5, 5.41) is 0. The summed E-state index contributed by atoms with van der Waals surface area (Å²) in [6, 6.07) is 2.11. The zero-order valence-corrected chi connectivity index (χ0v) is 13.2. The van der Waals surface area contributed by atoms with Crippen LogP contribution in [0.25, 0.3) is 0 Å². The number of rotatable bonds is 4. The van der Waals surface area contributed by atoms with Crippen LogP contribution in [-0.2, 0) is 16.1 Å². The van der Waals surface area contributed by atoms with Gasteiger partial charge in [-0.25, -0.2) is 0 Å². The van der Waals surface area contributed by atoms with Gasteiger partial charge in [0.15, 0.2) is 0 Å². The lowest BCUT2D eigenvalue weighted by Crippen LogP contribution is -2.63. The lowest BCUT2D eigenvalue weighted by atomic mass is 9.82. The van der Waals surface area contributed by atoms with Gasteiger partial charge in [-0.1, -0.05) is 6.08 Å². The van der Waals surface area contributed by atoms with E-state index in [1.807, 2.05) is 11.0 Å². The van der Waals surface area contributed by atoms with Gasteiger partial charge in [0, 0.05) is 31.7 Å². The SMILES string of the molecule is C=CCN1C(=O)COC2(CCN(Cc3ccoc3)CC2)[C@@H]1C. The Kier molecular flexibility index (Phi) is 4.36. The van der Waals surface area contributed by atoms with Crippen molar-refractivity contribution in [3.05, 3.63) is 36.8 Å². The van der Waals surface area contributed by atoms with Crippen LogP contribution in [0.3, 0.4) is 0 Å². The first-order valence-corrected chi connectivity index (χ1v) is 7.92. The van der Waals surface area contributed by atoms with Gasteiger partial charge in [-0.05, 0) is 25.8 Å². The molecule has 1 aromatic rings. The number of carbonyl (C=O) groups is 1. The molecule has 2 aliphatic heterocycles. The predicted molar refractivity (Wildman–Crippen MR) is 83.3 cm³/mol. The van der Waals surface area contributed by atoms with E-state index in [0.717, 1.165) is 32.5 Å². The minimum absolute atomic E-state index is 0.0684. The van der Waals surface area contributed by atoms with Crippen LogP contribution < -0.4 is 0 Å². The summed E-state index contributed by atoms with van der Waals surface area (Å²) >= 11 is 0. The van der Waals surface area contributed by atoms with Crippen molar-refractivity contribution in [2.75, 3.05) is 26.2 Å². The maximum absolute atomic E-state index is 12.0. The molecule has 22 heavy (non-hydrogen) atoms. The topological polar surface area (TPSA) is 45.9 Å². The second-order valence-corrected chi connectivity index (χ2v) is 6.27. The highest BCUT2D eigenvalue weighted by Crippen LogP contribution is 2.35. The van der Waals surface area contributed by atoms with E-state index in [1.54, 1.807) is 18.6 Å². The molecule has 5 heteroatoms. The number of piperidine rings is 1. The Morgan fingerprint density at radius 1 is 1.45 bits per heavy atom. The van der Waals surface area contributed by atoms with Gasteiger partial charge in [0.05, 0.1) is 24.2 Å². The predicted octanol–water partition coefficient (Wildman–Crippen LogP) is 2.05. The third-order valence-corrected chi connectivity index (χ3v) is 5.05. The second-order valence-electron chi connectivity index (χ2n) is 6.27. The highest BCUT2D eigenvalue weighted by molar-refractivity contribution is 5.79. The quantitative estimate of drug-likeness (QED) is 0.799. The maximum atomic E-state index is 12.0. The zero-order chi connectivity index (χ0) is 15.6. The van der Waals surface area contributed by atoms with Crippen LogP contribution in [0, 0.1) is 0 Å². The molecule has 0 aromatic carbocycles. The lowest BCUT2D eigenvalue weighted by Gasteiger charge is -2.51. The van der Waals surface area contributed by atoms with Crippen molar-refractivity contribution in [2.45, 2.75) is 38.0 Å². The van der Waals surface area contributed by atoms with Crippen molar-refractivity contribution < 1.29 is 13.9 Å². The van der Waals surface area contributed by atoms with Crippen molar-refractivity contribution >= 4 is 5.91 Å². The summed E-state index contributed by atoms with van der Waals surface area (Å²) in [6.45, 7) is 9.53. The molecule has 0 saturated carbocycles. The van der Waals surface area contributed by atoms with Crippen LogP contribution in [0.5, 0.6) is 0 Å². The summed E-state index contributed by atoms with van der Waals surface area (Å²) in [5.74, 6) is 0.0684. The van der Waals surface area contributed by atoms with Crippen LogP contribution in [0.15, 0.2) is 35.7 Å². The Morgan fingerprint density at radius 3 is 2.86 bits per heavy atom. The van der Waals surface area contributed by atoms with Crippen LogP contribution in [0.4, 0.5) is 0 Å². The van der Waals surface area contributed by atoms with E-state index >= 15 is 0 Å². The average Bonchev–Trinajstić information content (AvgIpc) is 3.03. The normalized spacial score (nSPS) is 25.6. The maximum Gasteiger partial charge on any atom is 0.249 e. The molecular weight excluding hydrogens is 280 g/mol. The molecule has 2 fully saturated rings. The van der Waals surface area contributed by atoms with E-state index in [4.69, 9.17) is 9.15 Å². The van der Waals surface area contributed by atoms with Crippen molar-refractivity contribution in [2.24, 2.45) is 0 Å². The van der Waals surface area contributed by atoms with Crippen molar-refractivity contribution in [3.8, 4) is 0 Å². The van der Waals surface area contributed by atoms with E-state index < -0.39 is 0 Å². The smallest absolute Gasteiger partial charge is 0.249 e. The van der Waals surface area contributed by atoms with E-state index in [1.165, 1.54) is 5.56 Å². The molecule has 1 aromatic heterocycles. The molecule has 1 spiro atoms. The molecule has 5 nitrogen and oxygen atoms in total. The summed E-state index contributed by atoms with van der Waals surface area (Å²) in [6.07, 6.45) is 7.21. The third-order valence-electron chi connectivity index (χ3n) is 5.05. The highest BCUT2D eigenvalue weighted by atomic mass is 16.5. The van der Waals surface area contributed by atoms with Gasteiger partial charge in [0.1, 0.15) is 6.61 Å². The number of likely N-dealkylation sites (tertiary alicyclic amines) is 1. The van der Waals surface area contributed by atoms with Crippen molar-refractivity contribution in [1.29, 1.82) is 0 Å². The lowest BCUT2D eigenvalue weighted by molar-refractivity contribution is -0.185. The van der Waals surface area contributed by atoms with Crippen LogP contribution in [-0.4, -0.2) is 53.6 Å². The number of morpholine rings is 1. The van der Waals surface area contributed by atoms with Gasteiger partial charge >= 0.3 is 0 Å². The van der Waals surface area contributed by atoms with Gasteiger partial charge in [-0.3, -0.25) is 9.69 Å². The van der Waals surface area contributed by atoms with Gasteiger partial charge < -0.3 is 14.1 Å². The Bertz CT molecular complexity index is 518. The number of hydrogen-bond donors (Lipinski definition) is 0. The largest absolute Gasteiger partial charge is 0.472 e. The number of furan rings is 1. The average molecular weight is 304 g/mol. The molecule has 1 atom stereocenters. The third kappa shape index (κ3) is 2.83. The Hall–Kier alpha value is -1.59. The van der Waals surface area contributed by atoms with Crippen LogP contribution >= 0.6 is 0 Å². The Morgan fingerprint density at radius 2 is 2.23 bits per heavy atom. The fraction of sp³-hybridized carbons (Fsp3) is 0.588. The molecule has 3 heterocycles. The summed E-state index contributed by atoms with van der Waals surface area (Å²) < 4.78 is 11.2. The van der Waals surface area contributed by atoms with Gasteiger partial charge in [0.25, 0.3) is 0 Å². The molecule has 0 radical (unpaired) electrons. The summed E-state index contributed by atoms with van der Waals surface area (Å²) in [7, 11) is 0. The first-order valence-electron chi connectivity index (χ1n) is 7.92. The summed E-state index contributed by atoms with van der Waals surface area (Å²) in [4.78, 5) is 16.4. The molecule has 0 N–H and O–H groups in total. The Labute approximate surface area is 131 Å². The van der Waals surface area contributed by atoms with Crippen molar-refractivity contribution in [3.63, 3.8) is 0 Å². The minimum Gasteiger partial charge on any atom is -0.472 e. The van der Waals surface area contributed by atoms with Crippen LogP contribution in [0.2, 0.25) is 0 Å². The number of ether oxygens (including phenoxy) is 1. The fourth-order valence-electron chi connectivity index (χ4n) is 3.60. The standard InChI is InChI=1S/C17H24N2O3/c1-3-7-19-14(2)17(22-13-16(19)20)5-8-18(9-6-17)11-15-4-10-21-12-15/h3-4,10,12,14H,1,5-9,11,13H2,2H3/t14-/m0/s1. The van der Waals surface area contributed by atoms with E-state index in [-0.39, 0.29) is 24.2 Å². The number of hydrogen-bond acceptors (Lipinski definition) is 4. The number of carbonyl (C=O) groups excluding carboxylic acids is 1. The molecule has 2 aliphatic rings.